The minimum Gasteiger partial charge on any atom is -0.310 e. The van der Waals surface area contributed by atoms with E-state index in [1.807, 2.05) is 0 Å². The predicted octanol–water partition coefficient (Wildman–Crippen LogP) is 24.7. The first-order valence-corrected chi connectivity index (χ1v) is 35.8. The summed E-state index contributed by atoms with van der Waals surface area (Å²) >= 11 is 0. The molecule has 0 radical (unpaired) electrons. The van der Waals surface area contributed by atoms with Gasteiger partial charge in [-0.2, -0.15) is 0 Å². The predicted molar refractivity (Wildman–Crippen MR) is 432 cm³/mol. The molecule has 0 unspecified atom stereocenters. The molecule has 16 rings (SSSR count). The van der Waals surface area contributed by atoms with Gasteiger partial charge in [0.15, 0.2) is 0 Å². The van der Waals surface area contributed by atoms with Crippen LogP contribution in [0.4, 0.5) is 34.1 Å². The second-order valence-electron chi connectivity index (χ2n) is 32.3. The average molecular weight is 1290 g/mol. The molecular weight excluding hydrogens is 1210 g/mol. The maximum Gasteiger partial charge on any atom is 0.252 e. The van der Waals surface area contributed by atoms with Crippen molar-refractivity contribution >= 4 is 79.0 Å². The summed E-state index contributed by atoms with van der Waals surface area (Å²) in [6.07, 6.45) is 0. The number of aromatic nitrogens is 1. The molecule has 0 spiro atoms. The summed E-state index contributed by atoms with van der Waals surface area (Å²) in [7, 11) is 0. The summed E-state index contributed by atoms with van der Waals surface area (Å²) in [6, 6.07) is 107. The van der Waals surface area contributed by atoms with E-state index in [9.17, 15) is 0 Å². The van der Waals surface area contributed by atoms with Crippen molar-refractivity contribution < 1.29 is 0 Å². The zero-order valence-corrected chi connectivity index (χ0v) is 60.5. The molecule has 2 aliphatic heterocycles. The van der Waals surface area contributed by atoms with Crippen molar-refractivity contribution in [3.63, 3.8) is 0 Å². The standard InChI is InChI=1S/C96H88BN3/c1-61-41-47-73(62(2)53-61)68-55-88-90-89(56-68)100(92-77(65-33-23-17-24-34-65)39-28-40-78(92)66-35-25-18-26-36-66)87-60-72(98-84-51-44-69(93(3,4)5)57-79(84)80-58-70(94(6,7)8)45-52-85(80)98)46-50-83(87)97(90)82-49-42-67(74-48-43-71(95(9,10)11)59-81(74)96(12,13)14)54-86(82)99(88)91-75(63-29-19-15-20-30-63)37-27-38-76(91)64-31-21-16-22-32-64/h15-60H,1-14H3. The summed E-state index contributed by atoms with van der Waals surface area (Å²) in [5.74, 6) is 0. The SMILES string of the molecule is Cc1ccc(-c2cc3c4c(c2)N(c2c(-c5ccccc5)cccc2-c2ccccc2)c2cc(-n5c6ccc(C(C)(C)C)cc6c6cc(C(C)(C)C)ccc65)ccc2B4c2ccc(-c4ccc(C(C)(C)C)cc4C(C)(C)C)cc2N3c2c(-c3ccccc3)cccc2-c2ccccc2)c(C)c1. The Morgan fingerprint density at radius 3 is 1.11 bits per heavy atom. The molecule has 1 aromatic heterocycles. The molecule has 4 heteroatoms. The van der Waals surface area contributed by atoms with Gasteiger partial charge >= 0.3 is 0 Å². The van der Waals surface area contributed by atoms with Gasteiger partial charge in [0.25, 0.3) is 6.71 Å². The van der Waals surface area contributed by atoms with Crippen LogP contribution in [-0.4, -0.2) is 11.3 Å². The summed E-state index contributed by atoms with van der Waals surface area (Å²) in [6.45, 7) is 32.4. The average Bonchev–Trinajstić information content (AvgIpc) is 0.959. The maximum absolute atomic E-state index is 2.71. The minimum atomic E-state index is -0.223. The Balaban J connectivity index is 1.09. The molecule has 100 heavy (non-hydrogen) atoms. The summed E-state index contributed by atoms with van der Waals surface area (Å²) in [4.78, 5) is 5.42. The van der Waals surface area contributed by atoms with Crippen molar-refractivity contribution in [2.45, 2.75) is 119 Å². The Labute approximate surface area is 593 Å². The maximum atomic E-state index is 2.71. The lowest BCUT2D eigenvalue weighted by molar-refractivity contribution is 0.570. The van der Waals surface area contributed by atoms with Crippen molar-refractivity contribution in [1.82, 2.24) is 4.57 Å². The van der Waals surface area contributed by atoms with Crippen LogP contribution in [0.1, 0.15) is 116 Å². The molecule has 0 saturated carbocycles. The fourth-order valence-electron chi connectivity index (χ4n) is 16.1. The second-order valence-corrected chi connectivity index (χ2v) is 32.3. The number of fused-ring (bicyclic) bond motifs is 7. The molecule has 3 heterocycles. The minimum absolute atomic E-state index is 0.0339. The van der Waals surface area contributed by atoms with Gasteiger partial charge in [-0.25, -0.2) is 0 Å². The first-order chi connectivity index (χ1) is 48.0. The second kappa shape index (κ2) is 24.1. The zero-order chi connectivity index (χ0) is 69.3. The van der Waals surface area contributed by atoms with Crippen molar-refractivity contribution in [2.24, 2.45) is 0 Å². The first kappa shape index (κ1) is 64.0. The highest BCUT2D eigenvalue weighted by atomic mass is 15.2. The lowest BCUT2D eigenvalue weighted by Crippen LogP contribution is -2.61. The monoisotopic (exact) mass is 1290 g/mol. The Bertz CT molecular complexity index is 5350. The van der Waals surface area contributed by atoms with Crippen LogP contribution in [0.2, 0.25) is 0 Å². The molecule has 0 amide bonds. The van der Waals surface area contributed by atoms with Crippen LogP contribution in [0.15, 0.2) is 279 Å². The van der Waals surface area contributed by atoms with Crippen LogP contribution in [0.3, 0.4) is 0 Å². The summed E-state index contributed by atoms with van der Waals surface area (Å²) in [5, 5.41) is 2.53. The van der Waals surface area contributed by atoms with E-state index in [0.717, 1.165) is 89.9 Å². The molecule has 14 aromatic rings. The van der Waals surface area contributed by atoms with E-state index in [0.29, 0.717) is 0 Å². The van der Waals surface area contributed by atoms with Crippen LogP contribution in [-0.2, 0) is 21.7 Å². The van der Waals surface area contributed by atoms with Crippen LogP contribution >= 0.6 is 0 Å². The van der Waals surface area contributed by atoms with E-state index in [1.165, 1.54) is 88.3 Å². The third-order valence-electron chi connectivity index (χ3n) is 21.4. The van der Waals surface area contributed by atoms with E-state index < -0.39 is 0 Å². The number of anilines is 6. The smallest absolute Gasteiger partial charge is 0.252 e. The van der Waals surface area contributed by atoms with Gasteiger partial charge in [0.05, 0.1) is 22.4 Å². The number of benzene rings is 13. The molecule has 0 atom stereocenters. The van der Waals surface area contributed by atoms with Crippen molar-refractivity contribution in [1.29, 1.82) is 0 Å². The van der Waals surface area contributed by atoms with Gasteiger partial charge in [0.2, 0.25) is 0 Å². The van der Waals surface area contributed by atoms with Gasteiger partial charge < -0.3 is 14.4 Å². The Morgan fingerprint density at radius 2 is 0.680 bits per heavy atom. The molecule has 3 nitrogen and oxygen atoms in total. The largest absolute Gasteiger partial charge is 0.310 e. The third kappa shape index (κ3) is 11.0. The van der Waals surface area contributed by atoms with E-state index in [4.69, 9.17) is 0 Å². The highest BCUT2D eigenvalue weighted by Gasteiger charge is 2.46. The molecule has 13 aromatic carbocycles. The molecule has 0 N–H and O–H groups in total. The number of hydrogen-bond donors (Lipinski definition) is 0. The van der Waals surface area contributed by atoms with Crippen LogP contribution in [0.25, 0.3) is 94.3 Å². The number of rotatable bonds is 9. The fourth-order valence-corrected chi connectivity index (χ4v) is 16.1. The highest BCUT2D eigenvalue weighted by molar-refractivity contribution is 7.00. The topological polar surface area (TPSA) is 11.4 Å². The number of para-hydroxylation sites is 2. The Kier molecular flexibility index (Phi) is 15.4. The molecule has 490 valence electrons. The van der Waals surface area contributed by atoms with Crippen molar-refractivity contribution in [3.05, 3.63) is 312 Å². The molecule has 0 fully saturated rings. The van der Waals surface area contributed by atoms with Gasteiger partial charge in [0.1, 0.15) is 0 Å². The highest BCUT2D eigenvalue weighted by Crippen LogP contribution is 2.55. The van der Waals surface area contributed by atoms with Crippen molar-refractivity contribution in [3.8, 4) is 72.4 Å². The van der Waals surface area contributed by atoms with E-state index >= 15 is 0 Å². The zero-order valence-electron chi connectivity index (χ0n) is 60.5. The molecular formula is C96H88BN3. The molecule has 0 aliphatic carbocycles. The fraction of sp³-hybridized carbons (Fsp3) is 0.188. The van der Waals surface area contributed by atoms with Crippen LogP contribution in [0.5, 0.6) is 0 Å². The van der Waals surface area contributed by atoms with Gasteiger partial charge in [-0.05, 0) is 179 Å². The van der Waals surface area contributed by atoms with Gasteiger partial charge in [0, 0.05) is 61.5 Å². The van der Waals surface area contributed by atoms with Crippen LogP contribution in [0, 0.1) is 13.8 Å². The van der Waals surface area contributed by atoms with Gasteiger partial charge in [-0.1, -0.05) is 313 Å². The summed E-state index contributed by atoms with van der Waals surface area (Å²) in [5.41, 5.74) is 35.5. The number of aryl methyl sites for hydroxylation is 2. The first-order valence-electron chi connectivity index (χ1n) is 35.8. The van der Waals surface area contributed by atoms with Gasteiger partial charge in [-0.3, -0.25) is 0 Å². The quantitative estimate of drug-likeness (QED) is 0.133. The summed E-state index contributed by atoms with van der Waals surface area (Å²) < 4.78 is 2.56. The lowest BCUT2D eigenvalue weighted by atomic mass is 9.33. The number of nitrogens with zero attached hydrogens (tertiary/aromatic N) is 3. The Morgan fingerprint density at radius 1 is 0.280 bits per heavy atom. The van der Waals surface area contributed by atoms with Crippen molar-refractivity contribution in [2.75, 3.05) is 9.80 Å². The number of hydrogen-bond acceptors (Lipinski definition) is 2. The normalized spacial score (nSPS) is 13.0. The Hall–Kier alpha value is -10.7. The van der Waals surface area contributed by atoms with E-state index in [1.54, 1.807) is 0 Å². The molecule has 0 bridgehead atoms. The molecule has 2 aliphatic rings. The third-order valence-corrected chi connectivity index (χ3v) is 21.4. The molecule has 0 saturated heterocycles. The van der Waals surface area contributed by atoms with Crippen LogP contribution < -0.4 is 26.2 Å². The van der Waals surface area contributed by atoms with E-state index in [-0.39, 0.29) is 28.4 Å². The lowest BCUT2D eigenvalue weighted by Gasteiger charge is -2.46. The van der Waals surface area contributed by atoms with E-state index in [2.05, 4.69) is 390 Å². The van der Waals surface area contributed by atoms with Gasteiger partial charge in [-0.15, -0.1) is 0 Å².